The van der Waals surface area contributed by atoms with Gasteiger partial charge in [0.2, 0.25) is 0 Å². The first-order valence-corrected chi connectivity index (χ1v) is 19.9. The standard InChI is InChI=1S/C55H36N2O/c1-4-18-37(19-5-1)55(47-28-14-10-24-42(47)43-25-11-15-29-48(43)55)49-35-41(36-53-54(49)45-27-13-17-31-52(45)58-53)56(38-20-6-2-7-21-38)40-32-33-51-46(34-40)44-26-12-16-30-50(44)57(51)39-22-8-3-9-23-39/h1-36H. The molecular formula is C55H36N2O. The highest BCUT2D eigenvalue weighted by atomic mass is 16.3. The molecule has 272 valence electrons. The zero-order chi connectivity index (χ0) is 38.2. The first-order valence-electron chi connectivity index (χ1n) is 19.9. The first-order chi connectivity index (χ1) is 28.8. The van der Waals surface area contributed by atoms with Gasteiger partial charge >= 0.3 is 0 Å². The number of rotatable bonds is 6. The smallest absolute Gasteiger partial charge is 0.137 e. The van der Waals surface area contributed by atoms with Gasteiger partial charge in [0.25, 0.3) is 0 Å². The lowest BCUT2D eigenvalue weighted by atomic mass is 9.66. The van der Waals surface area contributed by atoms with Crippen LogP contribution in [-0.2, 0) is 5.41 Å². The minimum absolute atomic E-state index is 0.634. The number of benzene rings is 9. The molecule has 0 bridgehead atoms. The zero-order valence-corrected chi connectivity index (χ0v) is 31.6. The molecule has 3 nitrogen and oxygen atoms in total. The second-order valence-electron chi connectivity index (χ2n) is 15.2. The average molecular weight is 741 g/mol. The topological polar surface area (TPSA) is 21.3 Å². The summed E-state index contributed by atoms with van der Waals surface area (Å²) in [4.78, 5) is 2.40. The van der Waals surface area contributed by atoms with E-state index in [0.29, 0.717) is 0 Å². The summed E-state index contributed by atoms with van der Waals surface area (Å²) < 4.78 is 9.30. The second kappa shape index (κ2) is 12.7. The summed E-state index contributed by atoms with van der Waals surface area (Å²) in [6.45, 7) is 0. The van der Waals surface area contributed by atoms with E-state index in [-0.39, 0.29) is 0 Å². The van der Waals surface area contributed by atoms with E-state index >= 15 is 0 Å². The molecule has 1 aliphatic rings. The summed E-state index contributed by atoms with van der Waals surface area (Å²) in [5.74, 6) is 0. The molecule has 0 amide bonds. The fourth-order valence-corrected chi connectivity index (χ4v) is 9.92. The Labute approximate surface area is 336 Å². The highest BCUT2D eigenvalue weighted by molar-refractivity contribution is 6.12. The minimum Gasteiger partial charge on any atom is -0.456 e. The third-order valence-electron chi connectivity index (χ3n) is 12.2. The third-order valence-corrected chi connectivity index (χ3v) is 12.2. The number of fused-ring (bicyclic) bond motifs is 9. The summed E-state index contributed by atoms with van der Waals surface area (Å²) in [6, 6.07) is 79.2. The van der Waals surface area contributed by atoms with Gasteiger partial charge in [0.05, 0.1) is 22.1 Å². The molecule has 0 aliphatic heterocycles. The van der Waals surface area contributed by atoms with E-state index in [0.717, 1.165) is 44.7 Å². The predicted molar refractivity (Wildman–Crippen MR) is 240 cm³/mol. The number of nitrogens with zero attached hydrogens (tertiary/aromatic N) is 2. The second-order valence-corrected chi connectivity index (χ2v) is 15.2. The Morgan fingerprint density at radius 3 is 1.71 bits per heavy atom. The SMILES string of the molecule is c1ccc(N(c2cc(C3(c4ccccc4)c4ccccc4-c4ccccc43)c3c(c2)oc2ccccc23)c2ccc3c(c2)c2ccccc2n3-c2ccccc2)cc1. The molecule has 0 saturated heterocycles. The van der Waals surface area contributed by atoms with Gasteiger partial charge in [-0.15, -0.1) is 0 Å². The Morgan fingerprint density at radius 2 is 0.966 bits per heavy atom. The first kappa shape index (κ1) is 32.6. The highest BCUT2D eigenvalue weighted by Gasteiger charge is 2.47. The number of anilines is 3. The number of para-hydroxylation sites is 4. The van der Waals surface area contributed by atoms with E-state index in [1.54, 1.807) is 0 Å². The molecule has 0 N–H and O–H groups in total. The van der Waals surface area contributed by atoms with Crippen LogP contribution >= 0.6 is 0 Å². The van der Waals surface area contributed by atoms with Crippen molar-refractivity contribution < 1.29 is 4.42 Å². The summed E-state index contributed by atoms with van der Waals surface area (Å²) in [6.07, 6.45) is 0. The predicted octanol–water partition coefficient (Wildman–Crippen LogP) is 14.5. The molecule has 9 aromatic carbocycles. The number of furan rings is 1. The molecule has 2 heterocycles. The van der Waals surface area contributed by atoms with Gasteiger partial charge in [-0.05, 0) is 94.0 Å². The third kappa shape index (κ3) is 4.62. The van der Waals surface area contributed by atoms with Crippen molar-refractivity contribution in [3.63, 3.8) is 0 Å². The van der Waals surface area contributed by atoms with Crippen LogP contribution in [0, 0.1) is 0 Å². The average Bonchev–Trinajstić information content (AvgIpc) is 3.94. The Hall–Kier alpha value is -7.62. The van der Waals surface area contributed by atoms with Gasteiger partial charge in [0.1, 0.15) is 11.2 Å². The van der Waals surface area contributed by atoms with Crippen molar-refractivity contribution in [1.82, 2.24) is 4.57 Å². The van der Waals surface area contributed by atoms with E-state index in [1.165, 1.54) is 55.2 Å². The maximum absolute atomic E-state index is 6.92. The lowest BCUT2D eigenvalue weighted by Crippen LogP contribution is -2.29. The van der Waals surface area contributed by atoms with E-state index in [9.17, 15) is 0 Å². The van der Waals surface area contributed by atoms with Crippen molar-refractivity contribution in [2.45, 2.75) is 5.41 Å². The molecule has 0 saturated carbocycles. The van der Waals surface area contributed by atoms with Crippen LogP contribution in [0.25, 0.3) is 60.6 Å². The van der Waals surface area contributed by atoms with E-state index in [4.69, 9.17) is 4.42 Å². The highest BCUT2D eigenvalue weighted by Crippen LogP contribution is 2.59. The summed E-state index contributed by atoms with van der Waals surface area (Å²) in [7, 11) is 0. The van der Waals surface area contributed by atoms with Gasteiger partial charge in [-0.3, -0.25) is 0 Å². The van der Waals surface area contributed by atoms with E-state index in [1.807, 2.05) is 0 Å². The molecule has 0 fully saturated rings. The van der Waals surface area contributed by atoms with Crippen molar-refractivity contribution in [2.75, 3.05) is 4.90 Å². The monoisotopic (exact) mass is 740 g/mol. The van der Waals surface area contributed by atoms with Gasteiger partial charge in [0.15, 0.2) is 0 Å². The van der Waals surface area contributed by atoms with Crippen LogP contribution in [0.15, 0.2) is 223 Å². The zero-order valence-electron chi connectivity index (χ0n) is 31.6. The summed E-state index contributed by atoms with van der Waals surface area (Å²) >= 11 is 0. The lowest BCUT2D eigenvalue weighted by Gasteiger charge is -2.35. The molecule has 2 aromatic heterocycles. The normalized spacial score (nSPS) is 13.0. The summed E-state index contributed by atoms with van der Waals surface area (Å²) in [5.41, 5.74) is 15.2. The van der Waals surface area contributed by atoms with Crippen LogP contribution in [0.2, 0.25) is 0 Å². The molecular weight excluding hydrogens is 705 g/mol. The van der Waals surface area contributed by atoms with Crippen LogP contribution in [0.1, 0.15) is 22.3 Å². The fraction of sp³-hybridized carbons (Fsp3) is 0.0182. The van der Waals surface area contributed by atoms with Crippen molar-refractivity contribution >= 4 is 60.8 Å². The van der Waals surface area contributed by atoms with Gasteiger partial charge in [0, 0.05) is 44.7 Å². The van der Waals surface area contributed by atoms with Gasteiger partial charge in [-0.25, -0.2) is 0 Å². The van der Waals surface area contributed by atoms with Crippen LogP contribution in [-0.4, -0.2) is 4.57 Å². The number of hydrogen-bond donors (Lipinski definition) is 0. The van der Waals surface area contributed by atoms with E-state index < -0.39 is 5.41 Å². The maximum Gasteiger partial charge on any atom is 0.137 e. The number of hydrogen-bond acceptors (Lipinski definition) is 2. The molecule has 12 rings (SSSR count). The molecule has 58 heavy (non-hydrogen) atoms. The summed E-state index contributed by atoms with van der Waals surface area (Å²) in [5, 5.41) is 4.65. The van der Waals surface area contributed by atoms with Crippen molar-refractivity contribution in [3.8, 4) is 16.8 Å². The molecule has 0 radical (unpaired) electrons. The van der Waals surface area contributed by atoms with Crippen molar-refractivity contribution in [3.05, 3.63) is 241 Å². The Bertz CT molecular complexity index is 3300. The molecule has 0 spiro atoms. The maximum atomic E-state index is 6.92. The fourth-order valence-electron chi connectivity index (χ4n) is 9.92. The van der Waals surface area contributed by atoms with Gasteiger partial charge in [-0.1, -0.05) is 152 Å². The van der Waals surface area contributed by atoms with Crippen LogP contribution in [0.3, 0.4) is 0 Å². The van der Waals surface area contributed by atoms with Crippen LogP contribution in [0.5, 0.6) is 0 Å². The molecule has 11 aromatic rings. The number of aromatic nitrogens is 1. The van der Waals surface area contributed by atoms with Gasteiger partial charge in [-0.2, -0.15) is 0 Å². The molecule has 0 unspecified atom stereocenters. The lowest BCUT2D eigenvalue weighted by molar-refractivity contribution is 0.667. The van der Waals surface area contributed by atoms with Crippen LogP contribution in [0.4, 0.5) is 17.1 Å². The van der Waals surface area contributed by atoms with Gasteiger partial charge < -0.3 is 13.9 Å². The van der Waals surface area contributed by atoms with Crippen molar-refractivity contribution in [2.24, 2.45) is 0 Å². The Balaban J connectivity index is 1.20. The quantitative estimate of drug-likeness (QED) is 0.169. The molecule has 0 atom stereocenters. The minimum atomic E-state index is -0.634. The Morgan fingerprint density at radius 1 is 0.379 bits per heavy atom. The van der Waals surface area contributed by atoms with Crippen molar-refractivity contribution in [1.29, 1.82) is 0 Å². The molecule has 1 aliphatic carbocycles. The Kier molecular flexibility index (Phi) is 7.14. The largest absolute Gasteiger partial charge is 0.456 e. The molecule has 3 heteroatoms. The van der Waals surface area contributed by atoms with Crippen LogP contribution < -0.4 is 4.90 Å². The van der Waals surface area contributed by atoms with E-state index in [2.05, 4.69) is 228 Å².